The molecule has 1 fully saturated rings. The van der Waals surface area contributed by atoms with E-state index in [0.29, 0.717) is 34.8 Å². The number of hydrogen-bond acceptors (Lipinski definition) is 7. The van der Waals surface area contributed by atoms with Gasteiger partial charge in [-0.15, -0.1) is 0 Å². The van der Waals surface area contributed by atoms with Gasteiger partial charge in [0.05, 0.1) is 10.7 Å². The number of nitrogens with one attached hydrogen (secondary N) is 1. The minimum Gasteiger partial charge on any atom is -0.444 e. The molecule has 1 saturated heterocycles. The van der Waals surface area contributed by atoms with Crippen LogP contribution in [0.15, 0.2) is 53.6 Å². The van der Waals surface area contributed by atoms with Gasteiger partial charge in [0.15, 0.2) is 0 Å². The summed E-state index contributed by atoms with van der Waals surface area (Å²) in [4.78, 5) is 37.5. The van der Waals surface area contributed by atoms with Crippen molar-refractivity contribution in [2.45, 2.75) is 45.2 Å². The number of aromatic nitrogens is 2. The molecule has 3 heterocycles. The molecule has 1 N–H and O–H groups in total. The summed E-state index contributed by atoms with van der Waals surface area (Å²) in [5.41, 5.74) is 3.33. The van der Waals surface area contributed by atoms with Crippen LogP contribution in [0.1, 0.15) is 31.9 Å². The molecule has 3 aromatic rings. The monoisotopic (exact) mass is 539 g/mol. The van der Waals surface area contributed by atoms with Crippen molar-refractivity contribution in [2.24, 2.45) is 0 Å². The highest BCUT2D eigenvalue weighted by molar-refractivity contribution is 8.00. The molecule has 8 nitrogen and oxygen atoms in total. The predicted octanol–water partition coefficient (Wildman–Crippen LogP) is 6.12. The first-order chi connectivity index (χ1) is 17.5. The van der Waals surface area contributed by atoms with Crippen LogP contribution in [0.4, 0.5) is 16.4 Å². The number of amides is 2. The van der Waals surface area contributed by atoms with Gasteiger partial charge in [0, 0.05) is 30.6 Å². The SMILES string of the molecule is Cc1cccc(C)c1-c1nc(NSc2cccc(N3CCN(C(=O)OC(C)(C)C)CC3=O)n2)ccc1Cl. The molecule has 1 aromatic carbocycles. The molecule has 0 unspecified atom stereocenters. The van der Waals surface area contributed by atoms with E-state index in [4.69, 9.17) is 21.3 Å². The topological polar surface area (TPSA) is 87.7 Å². The highest BCUT2D eigenvalue weighted by atomic mass is 35.5. The second-order valence-corrected chi connectivity index (χ2v) is 11.0. The van der Waals surface area contributed by atoms with Crippen LogP contribution in [0.2, 0.25) is 5.02 Å². The van der Waals surface area contributed by atoms with Crippen LogP contribution < -0.4 is 9.62 Å². The third kappa shape index (κ3) is 6.53. The minimum absolute atomic E-state index is 0.0536. The van der Waals surface area contributed by atoms with E-state index in [1.807, 2.05) is 56.3 Å². The molecule has 0 bridgehead atoms. The molecule has 0 radical (unpaired) electrons. The van der Waals surface area contributed by atoms with Gasteiger partial charge < -0.3 is 9.46 Å². The van der Waals surface area contributed by atoms with Gasteiger partial charge in [0.25, 0.3) is 0 Å². The van der Waals surface area contributed by atoms with Gasteiger partial charge in [-0.05, 0) is 70.0 Å². The first kappa shape index (κ1) is 26.8. The fraction of sp³-hybridized carbons (Fsp3) is 0.333. The highest BCUT2D eigenvalue weighted by Crippen LogP contribution is 2.33. The quantitative estimate of drug-likeness (QED) is 0.391. The summed E-state index contributed by atoms with van der Waals surface area (Å²) < 4.78 is 8.63. The Morgan fingerprint density at radius 3 is 2.41 bits per heavy atom. The largest absolute Gasteiger partial charge is 0.444 e. The number of carbonyl (C=O) groups excluding carboxylic acids is 2. The fourth-order valence-corrected chi connectivity index (χ4v) is 4.78. The fourth-order valence-electron chi connectivity index (χ4n) is 3.98. The summed E-state index contributed by atoms with van der Waals surface area (Å²) in [6, 6.07) is 15.2. The average Bonchev–Trinajstić information content (AvgIpc) is 2.83. The molecular weight excluding hydrogens is 510 g/mol. The number of hydrogen-bond donors (Lipinski definition) is 1. The lowest BCUT2D eigenvalue weighted by Crippen LogP contribution is -2.53. The van der Waals surface area contributed by atoms with Gasteiger partial charge in [-0.2, -0.15) is 0 Å². The second kappa shape index (κ2) is 11.0. The van der Waals surface area contributed by atoms with Crippen LogP contribution in [-0.4, -0.2) is 52.1 Å². The molecule has 0 saturated carbocycles. The number of halogens is 1. The zero-order chi connectivity index (χ0) is 26.7. The van der Waals surface area contributed by atoms with Crippen molar-refractivity contribution in [2.75, 3.05) is 29.3 Å². The lowest BCUT2D eigenvalue weighted by molar-refractivity contribution is -0.121. The normalized spacial score (nSPS) is 14.1. The van der Waals surface area contributed by atoms with Crippen molar-refractivity contribution in [1.29, 1.82) is 0 Å². The molecule has 4 rings (SSSR count). The van der Waals surface area contributed by atoms with Gasteiger partial charge in [-0.3, -0.25) is 14.6 Å². The van der Waals surface area contributed by atoms with Crippen LogP contribution in [0, 0.1) is 13.8 Å². The Labute approximate surface area is 226 Å². The first-order valence-corrected chi connectivity index (χ1v) is 13.1. The Morgan fingerprint density at radius 2 is 1.73 bits per heavy atom. The maximum atomic E-state index is 12.8. The van der Waals surface area contributed by atoms with Gasteiger partial charge in [-0.1, -0.05) is 35.9 Å². The Kier molecular flexibility index (Phi) is 7.94. The number of nitrogens with zero attached hydrogens (tertiary/aromatic N) is 4. The van der Waals surface area contributed by atoms with Gasteiger partial charge in [0.2, 0.25) is 5.91 Å². The van der Waals surface area contributed by atoms with Crippen molar-refractivity contribution in [3.8, 4) is 11.3 Å². The van der Waals surface area contributed by atoms with Gasteiger partial charge in [0.1, 0.15) is 28.8 Å². The number of rotatable bonds is 5. The van der Waals surface area contributed by atoms with Crippen molar-refractivity contribution < 1.29 is 14.3 Å². The molecule has 1 aliphatic rings. The molecule has 2 aromatic heterocycles. The molecule has 194 valence electrons. The zero-order valence-electron chi connectivity index (χ0n) is 21.5. The molecule has 0 atom stereocenters. The number of pyridine rings is 2. The van der Waals surface area contributed by atoms with E-state index >= 15 is 0 Å². The third-order valence-electron chi connectivity index (χ3n) is 5.68. The molecule has 2 amide bonds. The van der Waals surface area contributed by atoms with E-state index in [9.17, 15) is 9.59 Å². The Bertz CT molecular complexity index is 1310. The molecule has 1 aliphatic heterocycles. The van der Waals surface area contributed by atoms with Crippen molar-refractivity contribution in [3.05, 3.63) is 64.7 Å². The van der Waals surface area contributed by atoms with E-state index in [1.54, 1.807) is 31.7 Å². The summed E-state index contributed by atoms with van der Waals surface area (Å²) >= 11 is 7.79. The van der Waals surface area contributed by atoms with Crippen LogP contribution in [0.3, 0.4) is 0 Å². The number of carbonyl (C=O) groups is 2. The van der Waals surface area contributed by atoms with E-state index < -0.39 is 11.7 Å². The number of anilines is 2. The Morgan fingerprint density at radius 1 is 1.03 bits per heavy atom. The average molecular weight is 540 g/mol. The summed E-state index contributed by atoms with van der Waals surface area (Å²) in [6.07, 6.45) is -0.488. The van der Waals surface area contributed by atoms with Crippen molar-refractivity contribution in [1.82, 2.24) is 14.9 Å². The molecule has 37 heavy (non-hydrogen) atoms. The van der Waals surface area contributed by atoms with Crippen LogP contribution in [0.5, 0.6) is 0 Å². The zero-order valence-corrected chi connectivity index (χ0v) is 23.1. The second-order valence-electron chi connectivity index (χ2n) is 9.78. The van der Waals surface area contributed by atoms with E-state index in [0.717, 1.165) is 22.4 Å². The summed E-state index contributed by atoms with van der Waals surface area (Å²) in [5, 5.41) is 1.25. The molecular formula is C27H30ClN5O3S. The summed E-state index contributed by atoms with van der Waals surface area (Å²) in [6.45, 7) is 10.1. The van der Waals surface area contributed by atoms with E-state index in [1.165, 1.54) is 16.8 Å². The van der Waals surface area contributed by atoms with E-state index in [-0.39, 0.29) is 12.5 Å². The number of benzene rings is 1. The van der Waals surface area contributed by atoms with Crippen LogP contribution >= 0.6 is 23.5 Å². The van der Waals surface area contributed by atoms with Crippen LogP contribution in [0.25, 0.3) is 11.3 Å². The van der Waals surface area contributed by atoms with Gasteiger partial charge >= 0.3 is 6.09 Å². The number of piperazine rings is 1. The Balaban J connectivity index is 1.44. The maximum Gasteiger partial charge on any atom is 0.410 e. The van der Waals surface area contributed by atoms with Crippen molar-refractivity contribution in [3.63, 3.8) is 0 Å². The first-order valence-electron chi connectivity index (χ1n) is 11.9. The minimum atomic E-state index is -0.615. The molecule has 0 aliphatic carbocycles. The maximum absolute atomic E-state index is 12.8. The highest BCUT2D eigenvalue weighted by Gasteiger charge is 2.31. The lowest BCUT2D eigenvalue weighted by atomic mass is 9.99. The van der Waals surface area contributed by atoms with Crippen LogP contribution in [-0.2, 0) is 9.53 Å². The lowest BCUT2D eigenvalue weighted by Gasteiger charge is -2.34. The summed E-state index contributed by atoms with van der Waals surface area (Å²) in [5.74, 6) is 0.958. The summed E-state index contributed by atoms with van der Waals surface area (Å²) in [7, 11) is 0. The number of aryl methyl sites for hydroxylation is 2. The smallest absolute Gasteiger partial charge is 0.410 e. The third-order valence-corrected chi connectivity index (χ3v) is 6.73. The molecule has 10 heteroatoms. The standard InChI is InChI=1S/C27H30ClN5O3S/c1-17-8-6-9-18(2)24(17)25-19(28)12-13-20(29-25)31-37-22-11-7-10-21(30-22)33-15-14-32(16-23(33)34)26(35)36-27(3,4)5/h6-13H,14-16H2,1-5H3,(H,29,31). The van der Waals surface area contributed by atoms with Gasteiger partial charge in [-0.25, -0.2) is 14.8 Å². The number of ether oxygens (including phenoxy) is 1. The Hall–Kier alpha value is -3.30. The molecule has 0 spiro atoms. The van der Waals surface area contributed by atoms with Crippen molar-refractivity contribution >= 4 is 47.2 Å². The van der Waals surface area contributed by atoms with E-state index in [2.05, 4.69) is 9.71 Å². The predicted molar refractivity (Wildman–Crippen MR) is 148 cm³/mol.